The summed E-state index contributed by atoms with van der Waals surface area (Å²) in [5.74, 6) is -11.1. The zero-order valence-corrected chi connectivity index (χ0v) is 27.7. The molecule has 0 aliphatic rings. The minimum absolute atomic E-state index is 0.241. The van der Waals surface area contributed by atoms with E-state index in [0.29, 0.717) is 5.75 Å². The zero-order valence-electron chi connectivity index (χ0n) is 26.9. The van der Waals surface area contributed by atoms with Gasteiger partial charge in [0, 0.05) is 6.42 Å². The SMILES string of the molecule is CSCC[C@H](N)C(=O)N[C@@H](CCC(N)=O)C(=O)N[C@H](C(=O)N[C@H](C(=O)N[C@@H](CC(=O)O)C(=O)N[C@@H](CC(=O)O)C(=O)O)[C@@H](C)O)C(C)C. The molecule has 0 rings (SSSR count). The van der Waals surface area contributed by atoms with Crippen LogP contribution in [0.1, 0.15) is 52.9 Å². The number of aliphatic hydroxyl groups excluding tert-OH is 1. The number of nitrogens with one attached hydrogen (secondary N) is 5. The third-order valence-electron chi connectivity index (χ3n) is 6.60. The van der Waals surface area contributed by atoms with Crippen LogP contribution in [-0.4, -0.2) is 128 Å². The summed E-state index contributed by atoms with van der Waals surface area (Å²) in [5.41, 5.74) is 11.1. The van der Waals surface area contributed by atoms with Gasteiger partial charge in [0.1, 0.15) is 30.2 Å². The smallest absolute Gasteiger partial charge is 0.326 e. The molecular formula is C27H45N7O13S. The van der Waals surface area contributed by atoms with Crippen LogP contribution in [0.4, 0.5) is 0 Å². The standard InChI is InChI=1S/C27H45N7O13S/c1-11(2)20(33-23(42)14(5-6-17(29)36)30-22(41)13(28)7-8-48-4)25(44)34-21(12(3)35)26(45)31-15(9-18(37)38)24(43)32-16(27(46)47)10-19(39)40/h11-16,20-21,35H,5-10,28H2,1-4H3,(H2,29,36)(H,30,41)(H,31,45)(H,32,43)(H,33,42)(H,34,44)(H,37,38)(H,39,40)(H,46,47)/t12-,13+,14+,15+,16+,20+,21+/m1/s1. The largest absolute Gasteiger partial charge is 0.481 e. The molecule has 0 spiro atoms. The number of primary amides is 1. The summed E-state index contributed by atoms with van der Waals surface area (Å²) in [7, 11) is 0. The van der Waals surface area contributed by atoms with Crippen molar-refractivity contribution in [2.45, 2.75) is 95.2 Å². The average Bonchev–Trinajstić information content (AvgIpc) is 2.97. The Labute approximate surface area is 279 Å². The van der Waals surface area contributed by atoms with Crippen LogP contribution in [0, 0.1) is 5.92 Å². The number of rotatable bonds is 23. The molecule has 0 bridgehead atoms. The molecule has 20 nitrogen and oxygen atoms in total. The second-order valence-electron chi connectivity index (χ2n) is 11.1. The number of aliphatic hydroxyl groups is 1. The second kappa shape index (κ2) is 21.4. The predicted octanol–water partition coefficient (Wildman–Crippen LogP) is -4.17. The molecule has 0 aromatic heterocycles. The van der Waals surface area contributed by atoms with Crippen LogP contribution < -0.4 is 38.1 Å². The quantitative estimate of drug-likeness (QED) is 0.0480. The molecule has 272 valence electrons. The van der Waals surface area contributed by atoms with Gasteiger partial charge >= 0.3 is 17.9 Å². The van der Waals surface area contributed by atoms with Crippen molar-refractivity contribution in [1.29, 1.82) is 0 Å². The highest BCUT2D eigenvalue weighted by molar-refractivity contribution is 7.98. The Morgan fingerprint density at radius 3 is 1.56 bits per heavy atom. The van der Waals surface area contributed by atoms with E-state index in [4.69, 9.17) is 16.6 Å². The minimum atomic E-state index is -1.98. The van der Waals surface area contributed by atoms with E-state index in [1.54, 1.807) is 0 Å². The highest BCUT2D eigenvalue weighted by atomic mass is 32.2. The summed E-state index contributed by atoms with van der Waals surface area (Å²) in [6.45, 7) is 4.10. The molecule has 0 saturated heterocycles. The van der Waals surface area contributed by atoms with Gasteiger partial charge < -0.3 is 58.5 Å². The maximum absolute atomic E-state index is 13.3. The fraction of sp³-hybridized carbons (Fsp3) is 0.667. The number of amides is 6. The second-order valence-corrected chi connectivity index (χ2v) is 12.1. The molecule has 0 heterocycles. The van der Waals surface area contributed by atoms with Crippen molar-refractivity contribution in [1.82, 2.24) is 26.6 Å². The first-order chi connectivity index (χ1) is 22.2. The Morgan fingerprint density at radius 2 is 1.10 bits per heavy atom. The summed E-state index contributed by atoms with van der Waals surface area (Å²) in [6.07, 6.45) is -2.29. The van der Waals surface area contributed by atoms with E-state index < -0.39 is 114 Å². The lowest BCUT2D eigenvalue weighted by Crippen LogP contribution is -2.62. The summed E-state index contributed by atoms with van der Waals surface area (Å²) in [5, 5.41) is 48.4. The Hall–Kier alpha value is -4.50. The Balaban J connectivity index is 5.99. The molecule has 0 saturated carbocycles. The highest BCUT2D eigenvalue weighted by Crippen LogP contribution is 2.08. The fourth-order valence-corrected chi connectivity index (χ4v) is 4.43. The van der Waals surface area contributed by atoms with Crippen LogP contribution in [0.5, 0.6) is 0 Å². The number of carbonyl (C=O) groups is 9. The maximum atomic E-state index is 13.3. The number of hydrogen-bond acceptors (Lipinski definition) is 12. The third kappa shape index (κ3) is 16.4. The van der Waals surface area contributed by atoms with Gasteiger partial charge in [-0.05, 0) is 37.7 Å². The van der Waals surface area contributed by atoms with Gasteiger partial charge in [0.15, 0.2) is 0 Å². The van der Waals surface area contributed by atoms with Crippen LogP contribution in [-0.2, 0) is 43.2 Å². The van der Waals surface area contributed by atoms with E-state index in [-0.39, 0.29) is 19.3 Å². The summed E-state index contributed by atoms with van der Waals surface area (Å²) < 4.78 is 0. The number of carboxylic acid groups (broad SMARTS) is 3. The van der Waals surface area contributed by atoms with E-state index in [2.05, 4.69) is 16.0 Å². The molecule has 21 heteroatoms. The number of nitrogens with two attached hydrogens (primary N) is 2. The van der Waals surface area contributed by atoms with Crippen molar-refractivity contribution in [2.75, 3.05) is 12.0 Å². The van der Waals surface area contributed by atoms with Crippen LogP contribution in [0.15, 0.2) is 0 Å². The number of hydrogen-bond donors (Lipinski definition) is 11. The molecule has 0 aromatic rings. The molecule has 0 aromatic carbocycles. The number of carboxylic acids is 3. The van der Waals surface area contributed by atoms with Crippen molar-refractivity contribution >= 4 is 65.1 Å². The van der Waals surface area contributed by atoms with Gasteiger partial charge in [-0.3, -0.25) is 38.4 Å². The van der Waals surface area contributed by atoms with Gasteiger partial charge in [-0.1, -0.05) is 13.8 Å². The molecule has 6 amide bonds. The summed E-state index contributed by atoms with van der Waals surface area (Å²) in [6, 6.07) is -9.53. The van der Waals surface area contributed by atoms with E-state index in [0.717, 1.165) is 6.92 Å². The average molecular weight is 708 g/mol. The van der Waals surface area contributed by atoms with Gasteiger partial charge in [-0.25, -0.2) is 4.79 Å². The van der Waals surface area contributed by atoms with Crippen LogP contribution in [0.2, 0.25) is 0 Å². The number of carbonyl (C=O) groups excluding carboxylic acids is 6. The van der Waals surface area contributed by atoms with E-state index in [9.17, 15) is 58.5 Å². The molecule has 0 radical (unpaired) electrons. The minimum Gasteiger partial charge on any atom is -0.481 e. The molecule has 7 atom stereocenters. The molecular weight excluding hydrogens is 662 g/mol. The predicted molar refractivity (Wildman–Crippen MR) is 168 cm³/mol. The van der Waals surface area contributed by atoms with Crippen molar-refractivity contribution in [3.63, 3.8) is 0 Å². The first-order valence-electron chi connectivity index (χ1n) is 14.6. The van der Waals surface area contributed by atoms with Crippen LogP contribution in [0.25, 0.3) is 0 Å². The number of aliphatic carboxylic acids is 3. The third-order valence-corrected chi connectivity index (χ3v) is 7.24. The lowest BCUT2D eigenvalue weighted by molar-refractivity contribution is -0.148. The van der Waals surface area contributed by atoms with Gasteiger partial charge in [0.2, 0.25) is 35.4 Å². The van der Waals surface area contributed by atoms with E-state index >= 15 is 0 Å². The summed E-state index contributed by atoms with van der Waals surface area (Å²) >= 11 is 1.44. The zero-order chi connectivity index (χ0) is 37.3. The topological polar surface area (TPSA) is 347 Å². The molecule has 0 aliphatic carbocycles. The van der Waals surface area contributed by atoms with Gasteiger partial charge in [-0.2, -0.15) is 11.8 Å². The van der Waals surface area contributed by atoms with Crippen molar-refractivity contribution in [3.05, 3.63) is 0 Å². The monoisotopic (exact) mass is 707 g/mol. The Morgan fingerprint density at radius 1 is 0.646 bits per heavy atom. The fourth-order valence-electron chi connectivity index (χ4n) is 3.94. The molecule has 13 N–H and O–H groups in total. The maximum Gasteiger partial charge on any atom is 0.326 e. The van der Waals surface area contributed by atoms with Crippen molar-refractivity contribution in [3.8, 4) is 0 Å². The van der Waals surface area contributed by atoms with E-state index in [1.165, 1.54) is 25.6 Å². The van der Waals surface area contributed by atoms with Crippen molar-refractivity contribution in [2.24, 2.45) is 17.4 Å². The normalized spacial score (nSPS) is 15.3. The number of thioether (sulfide) groups is 1. The molecule has 48 heavy (non-hydrogen) atoms. The van der Waals surface area contributed by atoms with E-state index in [1.807, 2.05) is 16.9 Å². The molecule has 0 unspecified atom stereocenters. The van der Waals surface area contributed by atoms with Crippen LogP contribution >= 0.6 is 11.8 Å². The summed E-state index contributed by atoms with van der Waals surface area (Å²) in [4.78, 5) is 110. The lowest BCUT2D eigenvalue weighted by Gasteiger charge is -2.29. The Kier molecular flexibility index (Phi) is 19.4. The first-order valence-corrected chi connectivity index (χ1v) is 16.0. The van der Waals surface area contributed by atoms with Gasteiger partial charge in [0.25, 0.3) is 0 Å². The van der Waals surface area contributed by atoms with Crippen molar-refractivity contribution < 1.29 is 63.6 Å². The Bertz CT molecular complexity index is 1200. The van der Waals surface area contributed by atoms with Gasteiger partial charge in [0.05, 0.1) is 25.0 Å². The molecule has 0 fully saturated rings. The molecule has 0 aliphatic heterocycles. The lowest BCUT2D eigenvalue weighted by atomic mass is 10.0. The van der Waals surface area contributed by atoms with Gasteiger partial charge in [-0.15, -0.1) is 0 Å². The highest BCUT2D eigenvalue weighted by Gasteiger charge is 2.36. The van der Waals surface area contributed by atoms with Crippen LogP contribution in [0.3, 0.4) is 0 Å². The first kappa shape index (κ1) is 43.5.